The summed E-state index contributed by atoms with van der Waals surface area (Å²) in [5.74, 6) is 0.831. The number of halogens is 1. The largest absolute Gasteiger partial charge is 0.382 e. The van der Waals surface area contributed by atoms with Gasteiger partial charge in [-0.25, -0.2) is 4.98 Å². The highest BCUT2D eigenvalue weighted by atomic mass is 35.5. The number of hydrogen-bond acceptors (Lipinski definition) is 7. The Morgan fingerprint density at radius 1 is 1.30 bits per heavy atom. The maximum Gasteiger partial charge on any atom is 0.266 e. The van der Waals surface area contributed by atoms with Gasteiger partial charge in [0.2, 0.25) is 5.95 Å². The zero-order chi connectivity index (χ0) is 21.0. The minimum absolute atomic E-state index is 0.178. The Hall–Kier alpha value is -2.65. The number of fused-ring (bicyclic) bond motifs is 1. The average molecular weight is 429 g/mol. The van der Waals surface area contributed by atoms with Crippen LogP contribution >= 0.6 is 11.6 Å². The van der Waals surface area contributed by atoms with Crippen molar-refractivity contribution >= 4 is 34.4 Å². The van der Waals surface area contributed by atoms with Crippen LogP contribution in [0, 0.1) is 5.41 Å². The molecule has 1 atom stereocenters. The van der Waals surface area contributed by atoms with Gasteiger partial charge in [-0.1, -0.05) is 18.0 Å². The summed E-state index contributed by atoms with van der Waals surface area (Å²) in [5.41, 5.74) is 13.8. The molecule has 1 spiro atoms. The Morgan fingerprint density at radius 2 is 2.07 bits per heavy atom. The molecule has 5 N–H and O–H groups in total. The second kappa shape index (κ2) is 6.95. The number of piperidine rings is 1. The number of anilines is 2. The fourth-order valence-electron chi connectivity index (χ4n) is 5.11. The van der Waals surface area contributed by atoms with Crippen LogP contribution in [0.25, 0.3) is 22.3 Å². The number of nitrogens with two attached hydrogens (primary N) is 2. The van der Waals surface area contributed by atoms with E-state index in [2.05, 4.69) is 20.1 Å². The molecule has 30 heavy (non-hydrogen) atoms. The molecule has 1 unspecified atom stereocenters. The molecule has 9 nitrogen and oxygen atoms in total. The van der Waals surface area contributed by atoms with Gasteiger partial charge in [0, 0.05) is 37.9 Å². The summed E-state index contributed by atoms with van der Waals surface area (Å²) in [5, 5.41) is 7.87. The quantitative estimate of drug-likeness (QED) is 0.569. The monoisotopic (exact) mass is 428 g/mol. The number of H-pyrrole nitrogens is 1. The SMILES string of the molecule is Cn1c(N2CCC3(CCCC3N)CC2)nc2n[nH]c(-c3ccnc(N)c3Cl)c2c1=O. The molecule has 10 heteroatoms. The lowest BCUT2D eigenvalue weighted by molar-refractivity contribution is 0.196. The van der Waals surface area contributed by atoms with Gasteiger partial charge >= 0.3 is 0 Å². The van der Waals surface area contributed by atoms with Crippen LogP contribution in [-0.4, -0.2) is 43.9 Å². The Labute approximate surface area is 178 Å². The van der Waals surface area contributed by atoms with Crippen LogP contribution in [0.4, 0.5) is 11.8 Å². The number of nitrogen functional groups attached to an aromatic ring is 1. The second-order valence-electron chi connectivity index (χ2n) is 8.48. The zero-order valence-corrected chi connectivity index (χ0v) is 17.6. The lowest BCUT2D eigenvalue weighted by atomic mass is 9.74. The van der Waals surface area contributed by atoms with Crippen LogP contribution in [0.1, 0.15) is 32.1 Å². The fraction of sp³-hybridized carbons (Fsp3) is 0.500. The van der Waals surface area contributed by atoms with E-state index < -0.39 is 0 Å². The predicted octanol–water partition coefficient (Wildman–Crippen LogP) is 2.05. The summed E-state index contributed by atoms with van der Waals surface area (Å²) in [6, 6.07) is 1.99. The van der Waals surface area contributed by atoms with Crippen LogP contribution in [0.15, 0.2) is 17.1 Å². The Kier molecular flexibility index (Phi) is 4.48. The minimum Gasteiger partial charge on any atom is -0.382 e. The number of aromatic nitrogens is 5. The Morgan fingerprint density at radius 3 is 2.77 bits per heavy atom. The maximum atomic E-state index is 13.3. The predicted molar refractivity (Wildman–Crippen MR) is 117 cm³/mol. The minimum atomic E-state index is -0.178. The van der Waals surface area contributed by atoms with Crippen molar-refractivity contribution in [1.82, 2.24) is 24.7 Å². The van der Waals surface area contributed by atoms with Gasteiger partial charge in [-0.2, -0.15) is 10.1 Å². The molecular weight excluding hydrogens is 404 g/mol. The van der Waals surface area contributed by atoms with Crippen molar-refractivity contribution in [1.29, 1.82) is 0 Å². The lowest BCUT2D eigenvalue weighted by Crippen LogP contribution is -2.48. The van der Waals surface area contributed by atoms with Crippen molar-refractivity contribution in [3.05, 3.63) is 27.6 Å². The van der Waals surface area contributed by atoms with Crippen LogP contribution in [0.2, 0.25) is 5.02 Å². The topological polar surface area (TPSA) is 132 Å². The van der Waals surface area contributed by atoms with E-state index in [0.29, 0.717) is 28.2 Å². The Balaban J connectivity index is 1.53. The molecule has 4 heterocycles. The first-order valence-electron chi connectivity index (χ1n) is 10.3. The molecule has 1 aliphatic heterocycles. The van der Waals surface area contributed by atoms with Crippen molar-refractivity contribution in [2.24, 2.45) is 18.2 Å². The number of nitrogens with one attached hydrogen (secondary N) is 1. The summed E-state index contributed by atoms with van der Waals surface area (Å²) in [6.45, 7) is 1.67. The molecule has 1 saturated heterocycles. The molecule has 0 radical (unpaired) electrons. The van der Waals surface area contributed by atoms with Crippen LogP contribution in [-0.2, 0) is 7.05 Å². The van der Waals surface area contributed by atoms with E-state index in [1.54, 1.807) is 23.9 Å². The molecule has 0 aromatic carbocycles. The average Bonchev–Trinajstić information content (AvgIpc) is 3.32. The summed E-state index contributed by atoms with van der Waals surface area (Å²) in [6.07, 6.45) is 7.13. The van der Waals surface area contributed by atoms with Crippen molar-refractivity contribution in [2.75, 3.05) is 23.7 Å². The molecule has 3 aromatic rings. The third kappa shape index (κ3) is 2.79. The van der Waals surface area contributed by atoms with Gasteiger partial charge in [-0.3, -0.25) is 14.5 Å². The van der Waals surface area contributed by atoms with Crippen molar-refractivity contribution < 1.29 is 0 Å². The van der Waals surface area contributed by atoms with Crippen molar-refractivity contribution in [3.63, 3.8) is 0 Å². The third-order valence-electron chi connectivity index (χ3n) is 6.98. The van der Waals surface area contributed by atoms with Crippen LogP contribution in [0.5, 0.6) is 0 Å². The highest BCUT2D eigenvalue weighted by Crippen LogP contribution is 2.45. The first-order chi connectivity index (χ1) is 14.4. The van der Waals surface area contributed by atoms with E-state index >= 15 is 0 Å². The molecular formula is C20H25ClN8O. The van der Waals surface area contributed by atoms with Gasteiger partial charge in [-0.05, 0) is 37.2 Å². The first-order valence-corrected chi connectivity index (χ1v) is 10.6. The number of pyridine rings is 1. The van der Waals surface area contributed by atoms with Gasteiger partial charge in [-0.15, -0.1) is 0 Å². The summed E-state index contributed by atoms with van der Waals surface area (Å²) < 4.78 is 1.59. The summed E-state index contributed by atoms with van der Waals surface area (Å²) in [7, 11) is 1.75. The summed E-state index contributed by atoms with van der Waals surface area (Å²) in [4.78, 5) is 24.1. The third-order valence-corrected chi connectivity index (χ3v) is 7.37. The number of hydrogen-bond donors (Lipinski definition) is 3. The Bertz CT molecular complexity index is 1180. The summed E-state index contributed by atoms with van der Waals surface area (Å²) >= 11 is 6.32. The van der Waals surface area contributed by atoms with Crippen molar-refractivity contribution in [3.8, 4) is 11.3 Å². The highest BCUT2D eigenvalue weighted by molar-refractivity contribution is 6.35. The molecule has 1 saturated carbocycles. The first kappa shape index (κ1) is 19.3. The van der Waals surface area contributed by atoms with Gasteiger partial charge in [0.15, 0.2) is 5.65 Å². The normalized spacial score (nSPS) is 21.0. The molecule has 2 fully saturated rings. The standard InChI is InChI=1S/C20H25ClN8O/c1-28-18(30)13-15(11-4-8-24-16(23)14(11)21)26-27-17(13)25-19(28)29-9-6-20(7-10-29)5-2-3-12(20)22/h4,8,12H,2-3,5-7,9-10,22H2,1H3,(H2,23,24)(H,26,27). The van der Waals surface area contributed by atoms with E-state index in [9.17, 15) is 4.79 Å². The molecule has 3 aromatic heterocycles. The number of nitrogens with zero attached hydrogens (tertiary/aromatic N) is 5. The molecule has 0 bridgehead atoms. The molecule has 158 valence electrons. The van der Waals surface area contributed by atoms with E-state index in [1.807, 2.05) is 0 Å². The number of rotatable bonds is 2. The molecule has 0 amide bonds. The lowest BCUT2D eigenvalue weighted by Gasteiger charge is -2.42. The van der Waals surface area contributed by atoms with Gasteiger partial charge in [0.1, 0.15) is 11.2 Å². The highest BCUT2D eigenvalue weighted by Gasteiger charge is 2.43. The van der Waals surface area contributed by atoms with Gasteiger partial charge in [0.25, 0.3) is 5.56 Å². The molecule has 5 rings (SSSR count). The van der Waals surface area contributed by atoms with E-state index in [4.69, 9.17) is 28.1 Å². The fourth-order valence-corrected chi connectivity index (χ4v) is 5.32. The van der Waals surface area contributed by atoms with Gasteiger partial charge < -0.3 is 16.4 Å². The van der Waals surface area contributed by atoms with Crippen LogP contribution < -0.4 is 21.9 Å². The zero-order valence-electron chi connectivity index (χ0n) is 16.9. The van der Waals surface area contributed by atoms with E-state index in [0.717, 1.165) is 32.4 Å². The smallest absolute Gasteiger partial charge is 0.266 e. The van der Waals surface area contributed by atoms with E-state index in [-0.39, 0.29) is 27.9 Å². The second-order valence-corrected chi connectivity index (χ2v) is 8.86. The molecule has 1 aliphatic carbocycles. The number of aromatic amines is 1. The molecule has 2 aliphatic rings. The van der Waals surface area contributed by atoms with Gasteiger partial charge in [0.05, 0.1) is 10.7 Å². The van der Waals surface area contributed by atoms with E-state index in [1.165, 1.54) is 12.8 Å². The van der Waals surface area contributed by atoms with Crippen molar-refractivity contribution in [2.45, 2.75) is 38.1 Å². The maximum absolute atomic E-state index is 13.3. The van der Waals surface area contributed by atoms with Crippen LogP contribution in [0.3, 0.4) is 0 Å².